The molecule has 0 amide bonds. The largest absolute Gasteiger partial charge is 0.481 e. The van der Waals surface area contributed by atoms with Gasteiger partial charge in [-0.3, -0.25) is 9.59 Å². The standard InChI is InChI=1S/2C25H31FN2O5/c2*1-31-22-13-20(21(26)14-28-22)25(32-2)8-5-16(6-9-25)15-33-23-11-18(7-10-27-23)19(12-24(29)30)17-3-4-17/h2*7,10-11,13-14,16-17,19H,3-6,8-9,12,15H2,1-2H3,(H,29,30)/t2*16?,19-,25?/m00/s1. The van der Waals surface area contributed by atoms with Crippen molar-refractivity contribution in [3.8, 4) is 23.5 Å². The van der Waals surface area contributed by atoms with E-state index in [0.29, 0.717) is 97.2 Å². The normalized spacial score (nSPS) is 23.7. The van der Waals surface area contributed by atoms with Crippen LogP contribution in [0.25, 0.3) is 0 Å². The quantitative estimate of drug-likeness (QED) is 0.0855. The second-order valence-corrected chi connectivity index (χ2v) is 18.3. The van der Waals surface area contributed by atoms with E-state index < -0.39 is 23.1 Å². The second-order valence-electron chi connectivity index (χ2n) is 18.3. The van der Waals surface area contributed by atoms with Crippen LogP contribution in [-0.4, -0.2) is 83.7 Å². The second kappa shape index (κ2) is 21.9. The molecule has 4 aliphatic rings. The smallest absolute Gasteiger partial charge is 0.303 e. The maximum Gasteiger partial charge on any atom is 0.303 e. The van der Waals surface area contributed by atoms with Crippen LogP contribution in [0.2, 0.25) is 0 Å². The van der Waals surface area contributed by atoms with Gasteiger partial charge in [0.25, 0.3) is 0 Å². The Labute approximate surface area is 384 Å². The topological polar surface area (TPSA) is 182 Å². The fourth-order valence-corrected chi connectivity index (χ4v) is 9.91. The third-order valence-corrected chi connectivity index (χ3v) is 14.1. The van der Waals surface area contributed by atoms with E-state index in [1.807, 2.05) is 24.3 Å². The Morgan fingerprint density at radius 2 is 0.970 bits per heavy atom. The summed E-state index contributed by atoms with van der Waals surface area (Å²) in [6.45, 7) is 1.01. The van der Waals surface area contributed by atoms with E-state index in [4.69, 9.17) is 28.4 Å². The van der Waals surface area contributed by atoms with Gasteiger partial charge in [0.1, 0.15) is 11.6 Å². The molecule has 356 valence electrons. The molecule has 4 heterocycles. The highest BCUT2D eigenvalue weighted by Gasteiger charge is 2.42. The predicted octanol–water partition coefficient (Wildman–Crippen LogP) is 9.41. The van der Waals surface area contributed by atoms with Crippen molar-refractivity contribution >= 4 is 11.9 Å². The number of aromatic nitrogens is 4. The van der Waals surface area contributed by atoms with E-state index in [9.17, 15) is 28.6 Å². The third kappa shape index (κ3) is 12.1. The Morgan fingerprint density at radius 1 is 0.591 bits per heavy atom. The number of hydrogen-bond donors (Lipinski definition) is 2. The highest BCUT2D eigenvalue weighted by Crippen LogP contribution is 2.48. The number of aliphatic carboxylic acids is 2. The summed E-state index contributed by atoms with van der Waals surface area (Å²) in [7, 11) is 6.25. The van der Waals surface area contributed by atoms with E-state index in [2.05, 4.69) is 19.9 Å². The zero-order valence-corrected chi connectivity index (χ0v) is 38.3. The number of methoxy groups -OCH3 is 4. The summed E-state index contributed by atoms with van der Waals surface area (Å²) >= 11 is 0. The Balaban J connectivity index is 0.000000196. The highest BCUT2D eigenvalue weighted by molar-refractivity contribution is 5.68. The van der Waals surface area contributed by atoms with Crippen molar-refractivity contribution in [1.29, 1.82) is 0 Å². The first-order chi connectivity index (χ1) is 31.9. The van der Waals surface area contributed by atoms with Crippen molar-refractivity contribution < 1.29 is 57.0 Å². The first-order valence-electron chi connectivity index (χ1n) is 23.0. The molecule has 0 aromatic carbocycles. The van der Waals surface area contributed by atoms with Gasteiger partial charge >= 0.3 is 11.9 Å². The number of hydrogen-bond acceptors (Lipinski definition) is 12. The number of halogens is 2. The molecule has 2 atom stereocenters. The SMILES string of the molecule is COc1cc(C2(OC)CCC(COc3cc([C@@H](CC(=O)O)C4CC4)ccn3)CC2)c(F)cn1.COc1cc(C2(OC)CCC(COc3cc([C@@H](CC(=O)O)C4CC4)ccn3)CC2)c(F)cn1. The number of rotatable bonds is 20. The maximum atomic E-state index is 14.6. The van der Waals surface area contributed by atoms with Crippen LogP contribution in [0.5, 0.6) is 23.5 Å². The van der Waals surface area contributed by atoms with E-state index in [0.717, 1.165) is 62.5 Å². The summed E-state index contributed by atoms with van der Waals surface area (Å²) in [6, 6.07) is 10.8. The minimum atomic E-state index is -0.779. The van der Waals surface area contributed by atoms with Crippen LogP contribution < -0.4 is 18.9 Å². The minimum Gasteiger partial charge on any atom is -0.481 e. The molecule has 14 nitrogen and oxygen atoms in total. The molecule has 4 aliphatic carbocycles. The monoisotopic (exact) mass is 916 g/mol. The van der Waals surface area contributed by atoms with Gasteiger partial charge in [0, 0.05) is 62.0 Å². The van der Waals surface area contributed by atoms with Crippen molar-refractivity contribution in [3.63, 3.8) is 0 Å². The molecule has 0 radical (unpaired) electrons. The molecular formula is C50H62F2N4O10. The first kappa shape index (κ1) is 48.5. The molecule has 4 aromatic rings. The van der Waals surface area contributed by atoms with Gasteiger partial charge < -0.3 is 38.6 Å². The molecular weight excluding hydrogens is 855 g/mol. The molecule has 4 aromatic heterocycles. The average Bonchev–Trinajstić information content (AvgIpc) is 4.29. The highest BCUT2D eigenvalue weighted by atomic mass is 19.1. The van der Waals surface area contributed by atoms with Gasteiger partial charge in [-0.1, -0.05) is 0 Å². The van der Waals surface area contributed by atoms with E-state index in [1.54, 1.807) is 38.7 Å². The summed E-state index contributed by atoms with van der Waals surface area (Å²) < 4.78 is 63.2. The van der Waals surface area contributed by atoms with Crippen molar-refractivity contribution in [2.24, 2.45) is 23.7 Å². The van der Waals surface area contributed by atoms with E-state index in [1.165, 1.54) is 26.6 Å². The van der Waals surface area contributed by atoms with Crippen LogP contribution in [0.4, 0.5) is 8.78 Å². The third-order valence-electron chi connectivity index (χ3n) is 14.1. The summed E-state index contributed by atoms with van der Waals surface area (Å²) in [4.78, 5) is 39.1. The number of nitrogens with zero attached hydrogens (tertiary/aromatic N) is 4. The molecule has 4 fully saturated rings. The summed E-state index contributed by atoms with van der Waals surface area (Å²) in [5, 5.41) is 18.5. The number of ether oxygens (including phenoxy) is 6. The predicted molar refractivity (Wildman–Crippen MR) is 238 cm³/mol. The lowest BCUT2D eigenvalue weighted by atomic mass is 9.75. The van der Waals surface area contributed by atoms with Crippen LogP contribution in [0, 0.1) is 35.3 Å². The van der Waals surface area contributed by atoms with E-state index in [-0.39, 0.29) is 36.3 Å². The van der Waals surface area contributed by atoms with Crippen LogP contribution in [0.15, 0.2) is 61.2 Å². The molecule has 16 heteroatoms. The van der Waals surface area contributed by atoms with Gasteiger partial charge in [-0.15, -0.1) is 0 Å². The summed E-state index contributed by atoms with van der Waals surface area (Å²) in [5.74, 6) is 0.929. The molecule has 0 unspecified atom stereocenters. The van der Waals surface area contributed by atoms with Crippen LogP contribution in [0.3, 0.4) is 0 Å². The van der Waals surface area contributed by atoms with E-state index >= 15 is 0 Å². The molecule has 0 bridgehead atoms. The maximum absolute atomic E-state index is 14.6. The zero-order chi connectivity index (χ0) is 46.8. The lowest BCUT2D eigenvalue weighted by Crippen LogP contribution is -2.36. The van der Waals surface area contributed by atoms with Crippen LogP contribution >= 0.6 is 0 Å². The van der Waals surface area contributed by atoms with Gasteiger partial charge in [-0.2, -0.15) is 0 Å². The molecule has 2 N–H and O–H groups in total. The van der Waals surface area contributed by atoms with Gasteiger partial charge in [0.05, 0.1) is 63.9 Å². The van der Waals surface area contributed by atoms with Crippen LogP contribution in [-0.2, 0) is 30.3 Å². The number of carboxylic acid groups (broad SMARTS) is 2. The number of pyridine rings is 4. The Kier molecular flexibility index (Phi) is 16.1. The van der Waals surface area contributed by atoms with Gasteiger partial charge in [0.2, 0.25) is 23.5 Å². The van der Waals surface area contributed by atoms with Crippen molar-refractivity contribution in [1.82, 2.24) is 19.9 Å². The molecule has 4 saturated carbocycles. The van der Waals surface area contributed by atoms with Crippen molar-refractivity contribution in [2.45, 2.75) is 113 Å². The lowest BCUT2D eigenvalue weighted by molar-refractivity contribution is -0.138. The van der Waals surface area contributed by atoms with Crippen molar-refractivity contribution in [3.05, 3.63) is 95.1 Å². The van der Waals surface area contributed by atoms with Gasteiger partial charge in [-0.05, 0) is 136 Å². The Morgan fingerprint density at radius 3 is 1.29 bits per heavy atom. The van der Waals surface area contributed by atoms with Crippen LogP contribution in [0.1, 0.15) is 124 Å². The molecule has 0 spiro atoms. The lowest BCUT2D eigenvalue weighted by Gasteiger charge is -2.39. The average molecular weight is 917 g/mol. The van der Waals surface area contributed by atoms with Gasteiger partial charge in [-0.25, -0.2) is 28.7 Å². The molecule has 0 aliphatic heterocycles. The Bertz CT molecular complexity index is 2100. The minimum absolute atomic E-state index is 0.0112. The van der Waals surface area contributed by atoms with Crippen molar-refractivity contribution in [2.75, 3.05) is 41.7 Å². The molecule has 0 saturated heterocycles. The number of carbonyl (C=O) groups is 2. The first-order valence-corrected chi connectivity index (χ1v) is 23.0. The molecule has 8 rings (SSSR count). The zero-order valence-electron chi connectivity index (χ0n) is 38.3. The van der Waals surface area contributed by atoms with Gasteiger partial charge in [0.15, 0.2) is 0 Å². The summed E-state index contributed by atoms with van der Waals surface area (Å²) in [5.41, 5.74) is 1.51. The Hall–Kier alpha value is -5.48. The fraction of sp³-hybridized carbons (Fsp3) is 0.560. The summed E-state index contributed by atoms with van der Waals surface area (Å²) in [6.07, 6.45) is 16.2. The number of carboxylic acids is 2. The molecule has 66 heavy (non-hydrogen) atoms. The fourth-order valence-electron chi connectivity index (χ4n) is 9.91.